The van der Waals surface area contributed by atoms with E-state index in [0.717, 1.165) is 42.6 Å². The fourth-order valence-electron chi connectivity index (χ4n) is 4.59. The quantitative estimate of drug-likeness (QED) is 0.197. The lowest BCUT2D eigenvalue weighted by atomic mass is 9.96. The Morgan fingerprint density at radius 2 is 1.77 bits per heavy atom. The Bertz CT molecular complexity index is 1340. The summed E-state index contributed by atoms with van der Waals surface area (Å²) in [6.45, 7) is 4.04. The number of thioether (sulfide) groups is 1. The maximum absolute atomic E-state index is 13.4. The number of aryl methyl sites for hydroxylation is 1. The van der Waals surface area contributed by atoms with Gasteiger partial charge >= 0.3 is 5.97 Å². The number of carbonyl (C=O) groups is 3. The first-order valence-electron chi connectivity index (χ1n) is 13.4. The average molecular weight is 585 g/mol. The second-order valence-electron chi connectivity index (χ2n) is 9.34. The summed E-state index contributed by atoms with van der Waals surface area (Å²) in [5.74, 6) is -0.783. The first-order valence-corrected chi connectivity index (χ1v) is 15.4. The molecular formula is C30H33ClN2O4S2. The highest BCUT2D eigenvalue weighted by Crippen LogP contribution is 2.38. The van der Waals surface area contributed by atoms with Gasteiger partial charge in [0.05, 0.1) is 17.4 Å². The number of amides is 2. The van der Waals surface area contributed by atoms with Crippen LogP contribution in [0.5, 0.6) is 0 Å². The molecule has 0 saturated heterocycles. The van der Waals surface area contributed by atoms with Crippen molar-refractivity contribution in [3.05, 3.63) is 75.1 Å². The number of ether oxygens (including phenoxy) is 1. The fourth-order valence-corrected chi connectivity index (χ4v) is 7.07. The van der Waals surface area contributed by atoms with Crippen LogP contribution in [0.25, 0.3) is 0 Å². The lowest BCUT2D eigenvalue weighted by molar-refractivity contribution is -0.115. The molecule has 1 unspecified atom stereocenters. The summed E-state index contributed by atoms with van der Waals surface area (Å²) in [7, 11) is 0. The molecular weight excluding hydrogens is 552 g/mol. The number of nitrogens with one attached hydrogen (secondary N) is 2. The highest BCUT2D eigenvalue weighted by atomic mass is 35.5. The van der Waals surface area contributed by atoms with Gasteiger partial charge in [-0.3, -0.25) is 9.59 Å². The Balaban J connectivity index is 1.49. The van der Waals surface area contributed by atoms with Gasteiger partial charge in [-0.2, -0.15) is 0 Å². The Morgan fingerprint density at radius 1 is 1.00 bits per heavy atom. The number of anilines is 2. The van der Waals surface area contributed by atoms with Gasteiger partial charge < -0.3 is 15.4 Å². The SMILES string of the molecule is CCOC(=O)c1c(NC(=O)C(CC)Sc2cccc(NC(=O)c3cccc(Cl)c3)c2)sc2c1CCCCCC2. The molecule has 0 fully saturated rings. The summed E-state index contributed by atoms with van der Waals surface area (Å²) in [5, 5.41) is 6.66. The molecule has 0 saturated carbocycles. The van der Waals surface area contributed by atoms with E-state index >= 15 is 0 Å². The van der Waals surface area contributed by atoms with Gasteiger partial charge in [0.25, 0.3) is 5.91 Å². The molecule has 2 aromatic carbocycles. The van der Waals surface area contributed by atoms with Gasteiger partial charge in [-0.15, -0.1) is 23.1 Å². The number of halogens is 1. The maximum atomic E-state index is 13.4. The zero-order valence-corrected chi connectivity index (χ0v) is 24.6. The van der Waals surface area contributed by atoms with Crippen LogP contribution in [0.1, 0.15) is 77.1 Å². The van der Waals surface area contributed by atoms with Crippen LogP contribution in [0, 0.1) is 0 Å². The van der Waals surface area contributed by atoms with Gasteiger partial charge in [0, 0.05) is 26.0 Å². The lowest BCUT2D eigenvalue weighted by Crippen LogP contribution is -2.25. The Hall–Kier alpha value is -2.81. The van der Waals surface area contributed by atoms with Gasteiger partial charge in [-0.05, 0) is 81.0 Å². The van der Waals surface area contributed by atoms with E-state index in [9.17, 15) is 14.4 Å². The van der Waals surface area contributed by atoms with Crippen LogP contribution in [0.15, 0.2) is 53.4 Å². The molecule has 9 heteroatoms. The lowest BCUT2D eigenvalue weighted by Gasteiger charge is -2.16. The van der Waals surface area contributed by atoms with Crippen molar-refractivity contribution < 1.29 is 19.1 Å². The highest BCUT2D eigenvalue weighted by molar-refractivity contribution is 8.00. The van der Waals surface area contributed by atoms with Crippen molar-refractivity contribution in [2.45, 2.75) is 68.9 Å². The Labute approximate surface area is 242 Å². The zero-order chi connectivity index (χ0) is 27.8. The summed E-state index contributed by atoms with van der Waals surface area (Å²) in [4.78, 5) is 41.1. The standard InChI is InChI=1S/C30H33ClN2O4S2/c1-3-24(38-22-14-10-13-21(18-22)32-27(34)19-11-9-12-20(31)17-19)28(35)33-29-26(30(36)37-4-2)23-15-7-5-6-8-16-25(23)39-29/h9-14,17-18,24H,3-8,15-16H2,1-2H3,(H,32,34)(H,33,35). The van der Waals surface area contributed by atoms with Crippen LogP contribution in [-0.4, -0.2) is 29.6 Å². The van der Waals surface area contributed by atoms with Crippen LogP contribution in [-0.2, 0) is 22.4 Å². The van der Waals surface area contributed by atoms with Gasteiger partial charge in [0.1, 0.15) is 5.00 Å². The third-order valence-corrected chi connectivity index (χ3v) is 9.31. The van der Waals surface area contributed by atoms with Crippen molar-refractivity contribution in [3.63, 3.8) is 0 Å². The van der Waals surface area contributed by atoms with Gasteiger partial charge in [-0.25, -0.2) is 4.79 Å². The molecule has 1 aliphatic carbocycles. The van der Waals surface area contributed by atoms with E-state index in [0.29, 0.717) is 33.3 Å². The first kappa shape index (κ1) is 29.2. The number of rotatable bonds is 9. The molecule has 1 heterocycles. The zero-order valence-electron chi connectivity index (χ0n) is 22.2. The van der Waals surface area contributed by atoms with Gasteiger partial charge in [0.2, 0.25) is 5.91 Å². The van der Waals surface area contributed by atoms with E-state index in [-0.39, 0.29) is 29.6 Å². The van der Waals surface area contributed by atoms with Crippen molar-refractivity contribution in [3.8, 4) is 0 Å². The molecule has 0 aliphatic heterocycles. The normalized spacial score (nSPS) is 13.9. The number of fused-ring (bicyclic) bond motifs is 1. The van der Waals surface area contributed by atoms with Crippen molar-refractivity contribution in [1.82, 2.24) is 0 Å². The number of thiophene rings is 1. The molecule has 0 spiro atoms. The van der Waals surface area contributed by atoms with Gasteiger partial charge in [-0.1, -0.05) is 43.5 Å². The molecule has 1 aromatic heterocycles. The topological polar surface area (TPSA) is 84.5 Å². The number of carbonyl (C=O) groups excluding carboxylic acids is 3. The van der Waals surface area contributed by atoms with E-state index < -0.39 is 0 Å². The number of hydrogen-bond donors (Lipinski definition) is 2. The van der Waals surface area contributed by atoms with Crippen molar-refractivity contribution in [2.24, 2.45) is 0 Å². The van der Waals surface area contributed by atoms with E-state index in [4.69, 9.17) is 16.3 Å². The fraction of sp³-hybridized carbons (Fsp3) is 0.367. The highest BCUT2D eigenvalue weighted by Gasteiger charge is 2.28. The largest absolute Gasteiger partial charge is 0.462 e. The number of benzene rings is 2. The molecule has 2 amide bonds. The summed E-state index contributed by atoms with van der Waals surface area (Å²) < 4.78 is 5.38. The third-order valence-electron chi connectivity index (χ3n) is 6.51. The second-order valence-corrected chi connectivity index (χ2v) is 12.2. The summed E-state index contributed by atoms with van der Waals surface area (Å²) in [6, 6.07) is 14.2. The van der Waals surface area contributed by atoms with E-state index in [1.807, 2.05) is 25.1 Å². The predicted octanol–water partition coefficient (Wildman–Crippen LogP) is 8.00. The third kappa shape index (κ3) is 7.65. The molecule has 0 bridgehead atoms. The van der Waals surface area contributed by atoms with Crippen molar-refractivity contribution in [2.75, 3.05) is 17.2 Å². The van der Waals surface area contributed by atoms with Crippen LogP contribution < -0.4 is 10.6 Å². The molecule has 1 atom stereocenters. The molecule has 4 rings (SSSR count). The summed E-state index contributed by atoms with van der Waals surface area (Å²) in [6.07, 6.45) is 6.78. The minimum absolute atomic E-state index is 0.157. The van der Waals surface area contributed by atoms with Crippen LogP contribution in [0.4, 0.5) is 10.7 Å². The molecule has 39 heavy (non-hydrogen) atoms. The summed E-state index contributed by atoms with van der Waals surface area (Å²) in [5.41, 5.74) is 2.66. The second kappa shape index (κ2) is 14.0. The monoisotopic (exact) mass is 584 g/mol. The smallest absolute Gasteiger partial charge is 0.341 e. The molecule has 3 aromatic rings. The molecule has 0 radical (unpaired) electrons. The first-order chi connectivity index (χ1) is 18.9. The van der Waals surface area contributed by atoms with Crippen LogP contribution in [0.3, 0.4) is 0 Å². The average Bonchev–Trinajstić information content (AvgIpc) is 3.23. The minimum atomic E-state index is -0.386. The molecule has 6 nitrogen and oxygen atoms in total. The maximum Gasteiger partial charge on any atom is 0.341 e. The number of esters is 1. The van der Waals surface area contributed by atoms with E-state index in [2.05, 4.69) is 10.6 Å². The molecule has 206 valence electrons. The van der Waals surface area contributed by atoms with Crippen molar-refractivity contribution in [1.29, 1.82) is 0 Å². The summed E-state index contributed by atoms with van der Waals surface area (Å²) >= 11 is 8.95. The van der Waals surface area contributed by atoms with Crippen LogP contribution in [0.2, 0.25) is 5.02 Å². The van der Waals surface area contributed by atoms with E-state index in [1.165, 1.54) is 34.4 Å². The Morgan fingerprint density at radius 3 is 2.51 bits per heavy atom. The molecule has 2 N–H and O–H groups in total. The van der Waals surface area contributed by atoms with Crippen molar-refractivity contribution >= 4 is 63.2 Å². The predicted molar refractivity (Wildman–Crippen MR) is 161 cm³/mol. The van der Waals surface area contributed by atoms with E-state index in [1.54, 1.807) is 37.3 Å². The van der Waals surface area contributed by atoms with Gasteiger partial charge in [0.15, 0.2) is 0 Å². The molecule has 1 aliphatic rings. The minimum Gasteiger partial charge on any atom is -0.462 e. The van der Waals surface area contributed by atoms with Crippen LogP contribution >= 0.6 is 34.7 Å². The number of hydrogen-bond acceptors (Lipinski definition) is 6. The Kier molecular flexibility index (Phi) is 10.5.